The normalized spacial score (nSPS) is 14.8. The third kappa shape index (κ3) is 3.81. The highest BCUT2D eigenvalue weighted by Gasteiger charge is 2.28. The molecule has 0 saturated heterocycles. The summed E-state index contributed by atoms with van der Waals surface area (Å²) in [6.07, 6.45) is 3.15. The highest BCUT2D eigenvalue weighted by Crippen LogP contribution is 2.26. The van der Waals surface area contributed by atoms with Crippen LogP contribution in [0.3, 0.4) is 0 Å². The fourth-order valence-electron chi connectivity index (χ4n) is 2.36. The van der Waals surface area contributed by atoms with E-state index < -0.39 is 0 Å². The molecule has 112 valence electrons. The van der Waals surface area contributed by atoms with Crippen LogP contribution >= 0.6 is 11.6 Å². The molecule has 5 nitrogen and oxygen atoms in total. The Labute approximate surface area is 128 Å². The Morgan fingerprint density at radius 2 is 2.00 bits per heavy atom. The molecule has 1 aliphatic carbocycles. The molecule has 1 heterocycles. The van der Waals surface area contributed by atoms with E-state index in [1.54, 1.807) is 0 Å². The van der Waals surface area contributed by atoms with Gasteiger partial charge in [0.25, 0.3) is 0 Å². The van der Waals surface area contributed by atoms with Gasteiger partial charge in [-0.1, -0.05) is 16.8 Å². The Morgan fingerprint density at radius 1 is 1.24 bits per heavy atom. The molecule has 1 aromatic carbocycles. The molecule has 1 N–H and O–H groups in total. The maximum absolute atomic E-state index is 9.08. The summed E-state index contributed by atoms with van der Waals surface area (Å²) < 4.78 is 5.29. The van der Waals surface area contributed by atoms with Crippen LogP contribution in [0.4, 0.5) is 0 Å². The van der Waals surface area contributed by atoms with Gasteiger partial charge in [-0.3, -0.25) is 4.90 Å². The van der Waals surface area contributed by atoms with Crippen molar-refractivity contribution in [1.82, 2.24) is 15.0 Å². The smallest absolute Gasteiger partial charge is 0.228 e. The molecule has 0 amide bonds. The van der Waals surface area contributed by atoms with Crippen LogP contribution in [0.2, 0.25) is 5.02 Å². The van der Waals surface area contributed by atoms with E-state index in [0.29, 0.717) is 35.7 Å². The summed E-state index contributed by atoms with van der Waals surface area (Å²) in [6, 6.07) is 7.99. The minimum absolute atomic E-state index is 0.191. The van der Waals surface area contributed by atoms with Crippen molar-refractivity contribution >= 4 is 11.6 Å². The van der Waals surface area contributed by atoms with Gasteiger partial charge in [-0.05, 0) is 37.1 Å². The van der Waals surface area contributed by atoms with E-state index in [1.165, 1.54) is 12.8 Å². The van der Waals surface area contributed by atoms with Crippen molar-refractivity contribution in [2.24, 2.45) is 0 Å². The van der Waals surface area contributed by atoms with E-state index in [1.807, 2.05) is 24.3 Å². The summed E-state index contributed by atoms with van der Waals surface area (Å²) in [7, 11) is 0. The summed E-state index contributed by atoms with van der Waals surface area (Å²) in [5, 5.41) is 13.8. The molecule has 0 bridgehead atoms. The SMILES string of the molecule is OCCN(CCc1nc(-c2ccc(Cl)cc2)no1)C1CC1. The third-order valence-corrected chi connectivity index (χ3v) is 3.89. The van der Waals surface area contributed by atoms with Gasteiger partial charge in [-0.15, -0.1) is 0 Å². The Bertz CT molecular complexity index is 581. The van der Waals surface area contributed by atoms with Crippen molar-refractivity contribution < 1.29 is 9.63 Å². The van der Waals surface area contributed by atoms with Gasteiger partial charge >= 0.3 is 0 Å². The van der Waals surface area contributed by atoms with Crippen molar-refractivity contribution in [3.8, 4) is 11.4 Å². The molecule has 1 aromatic heterocycles. The third-order valence-electron chi connectivity index (χ3n) is 3.63. The van der Waals surface area contributed by atoms with Gasteiger partial charge in [-0.25, -0.2) is 0 Å². The maximum Gasteiger partial charge on any atom is 0.228 e. The lowest BCUT2D eigenvalue weighted by atomic mass is 10.2. The van der Waals surface area contributed by atoms with Crippen molar-refractivity contribution in [1.29, 1.82) is 0 Å². The van der Waals surface area contributed by atoms with Gasteiger partial charge < -0.3 is 9.63 Å². The van der Waals surface area contributed by atoms with Gasteiger partial charge in [0.05, 0.1) is 6.61 Å². The van der Waals surface area contributed by atoms with Crippen molar-refractivity contribution in [2.45, 2.75) is 25.3 Å². The van der Waals surface area contributed by atoms with E-state index in [-0.39, 0.29) is 6.61 Å². The van der Waals surface area contributed by atoms with Gasteiger partial charge in [-0.2, -0.15) is 4.98 Å². The van der Waals surface area contributed by atoms with Crippen molar-refractivity contribution in [2.75, 3.05) is 19.7 Å². The standard InChI is InChI=1S/C15H18ClN3O2/c16-12-3-1-11(2-4-12)15-17-14(21-18-15)7-8-19(9-10-20)13-5-6-13/h1-4,13,20H,5-10H2. The number of aliphatic hydroxyl groups excluding tert-OH is 1. The van der Waals surface area contributed by atoms with Crippen LogP contribution in [0.25, 0.3) is 11.4 Å². The Morgan fingerprint density at radius 3 is 2.67 bits per heavy atom. The van der Waals surface area contributed by atoms with Crippen molar-refractivity contribution in [3.63, 3.8) is 0 Å². The quantitative estimate of drug-likeness (QED) is 0.851. The summed E-state index contributed by atoms with van der Waals surface area (Å²) in [6.45, 7) is 1.74. The van der Waals surface area contributed by atoms with Gasteiger partial charge in [0.15, 0.2) is 0 Å². The first-order valence-electron chi connectivity index (χ1n) is 7.19. The van der Waals surface area contributed by atoms with E-state index in [9.17, 15) is 0 Å². The van der Waals surface area contributed by atoms with E-state index in [4.69, 9.17) is 21.2 Å². The molecular weight excluding hydrogens is 290 g/mol. The second kappa shape index (κ2) is 6.56. The molecule has 6 heteroatoms. The van der Waals surface area contributed by atoms with E-state index in [0.717, 1.165) is 12.1 Å². The molecule has 1 fully saturated rings. The topological polar surface area (TPSA) is 62.4 Å². The second-order valence-electron chi connectivity index (χ2n) is 5.26. The lowest BCUT2D eigenvalue weighted by molar-refractivity contribution is 0.186. The molecule has 1 aliphatic rings. The lowest BCUT2D eigenvalue weighted by Gasteiger charge is -2.19. The molecule has 0 aliphatic heterocycles. The minimum atomic E-state index is 0.191. The monoisotopic (exact) mass is 307 g/mol. The van der Waals surface area contributed by atoms with Crippen LogP contribution in [0.15, 0.2) is 28.8 Å². The zero-order valence-electron chi connectivity index (χ0n) is 11.7. The molecule has 3 rings (SSSR count). The first-order valence-corrected chi connectivity index (χ1v) is 7.57. The zero-order valence-corrected chi connectivity index (χ0v) is 12.5. The molecule has 0 spiro atoms. The predicted molar refractivity (Wildman–Crippen MR) is 80.1 cm³/mol. The summed E-state index contributed by atoms with van der Waals surface area (Å²) in [5.41, 5.74) is 0.892. The Hall–Kier alpha value is -1.43. The van der Waals surface area contributed by atoms with E-state index in [2.05, 4.69) is 15.0 Å². The van der Waals surface area contributed by atoms with Crippen LogP contribution in [-0.2, 0) is 6.42 Å². The molecule has 0 atom stereocenters. The Kier molecular flexibility index (Phi) is 4.53. The van der Waals surface area contributed by atoms with E-state index >= 15 is 0 Å². The zero-order chi connectivity index (χ0) is 14.7. The van der Waals surface area contributed by atoms with Gasteiger partial charge in [0, 0.05) is 36.1 Å². The number of hydrogen-bond donors (Lipinski definition) is 1. The number of benzene rings is 1. The van der Waals surface area contributed by atoms with Crippen LogP contribution in [0, 0.1) is 0 Å². The predicted octanol–water partition coefficient (Wildman–Crippen LogP) is 2.39. The lowest BCUT2D eigenvalue weighted by Crippen LogP contribution is -2.31. The number of hydrogen-bond acceptors (Lipinski definition) is 5. The highest BCUT2D eigenvalue weighted by molar-refractivity contribution is 6.30. The minimum Gasteiger partial charge on any atom is -0.395 e. The first kappa shape index (κ1) is 14.5. The molecule has 0 radical (unpaired) electrons. The van der Waals surface area contributed by atoms with Crippen LogP contribution in [0.1, 0.15) is 18.7 Å². The number of nitrogens with zero attached hydrogens (tertiary/aromatic N) is 3. The van der Waals surface area contributed by atoms with Crippen LogP contribution in [-0.4, -0.2) is 45.9 Å². The largest absolute Gasteiger partial charge is 0.395 e. The average molecular weight is 308 g/mol. The number of halogens is 1. The molecular formula is C15H18ClN3O2. The highest BCUT2D eigenvalue weighted by atomic mass is 35.5. The maximum atomic E-state index is 9.08. The van der Waals surface area contributed by atoms with Gasteiger partial charge in [0.2, 0.25) is 11.7 Å². The first-order chi connectivity index (χ1) is 10.3. The number of rotatable bonds is 7. The van der Waals surface area contributed by atoms with Gasteiger partial charge in [0.1, 0.15) is 0 Å². The average Bonchev–Trinajstić information content (AvgIpc) is 3.23. The number of aliphatic hydroxyl groups is 1. The van der Waals surface area contributed by atoms with Crippen LogP contribution in [0.5, 0.6) is 0 Å². The molecule has 1 saturated carbocycles. The second-order valence-corrected chi connectivity index (χ2v) is 5.70. The summed E-state index contributed by atoms with van der Waals surface area (Å²) in [4.78, 5) is 6.70. The van der Waals surface area contributed by atoms with Crippen LogP contribution < -0.4 is 0 Å². The fourth-order valence-corrected chi connectivity index (χ4v) is 2.48. The molecule has 21 heavy (non-hydrogen) atoms. The molecule has 2 aromatic rings. The number of aromatic nitrogens is 2. The molecule has 0 unspecified atom stereocenters. The summed E-state index contributed by atoms with van der Waals surface area (Å²) in [5.74, 6) is 1.21. The fraction of sp³-hybridized carbons (Fsp3) is 0.467. The Balaban J connectivity index is 1.60. The summed E-state index contributed by atoms with van der Waals surface area (Å²) >= 11 is 5.86. The van der Waals surface area contributed by atoms with Crippen molar-refractivity contribution in [3.05, 3.63) is 35.2 Å².